The Bertz CT molecular complexity index is 535. The molecule has 0 spiro atoms. The van der Waals surface area contributed by atoms with Crippen LogP contribution < -0.4 is 15.2 Å². The monoisotopic (exact) mass is 307 g/mol. The van der Waals surface area contributed by atoms with Gasteiger partial charge in [-0.2, -0.15) is 0 Å². The summed E-state index contributed by atoms with van der Waals surface area (Å²) in [7, 11) is 0. The second-order valence-corrected chi connectivity index (χ2v) is 6.11. The fourth-order valence-electron chi connectivity index (χ4n) is 1.67. The Morgan fingerprint density at radius 2 is 1.45 bits per heavy atom. The molecule has 1 atom stereocenters. The molecule has 1 aromatic carbocycles. The van der Waals surface area contributed by atoms with Gasteiger partial charge in [0.05, 0.1) is 11.8 Å². The summed E-state index contributed by atoms with van der Waals surface area (Å²) in [5, 5.41) is 0. The molecular weight excluding hydrogens is 282 g/mol. The first-order chi connectivity index (χ1) is 10.2. The van der Waals surface area contributed by atoms with Crippen LogP contribution in [-0.4, -0.2) is 18.0 Å². The van der Waals surface area contributed by atoms with Crippen LogP contribution in [0.4, 0.5) is 0 Å². The van der Waals surface area contributed by atoms with Crippen LogP contribution in [0, 0.1) is 11.8 Å². The number of benzene rings is 1. The summed E-state index contributed by atoms with van der Waals surface area (Å²) >= 11 is 0. The standard InChI is InChI=1S/C17H25NO4/c1-10(2)16(19)21-14-7-6-13(8-12(5)18)9-15(14)22-17(20)11(3)4/h6-7,9-12H,8,18H2,1-5H3. The number of esters is 2. The van der Waals surface area contributed by atoms with Gasteiger partial charge in [0, 0.05) is 6.04 Å². The molecule has 0 aromatic heterocycles. The number of nitrogens with two attached hydrogens (primary N) is 1. The molecule has 0 heterocycles. The van der Waals surface area contributed by atoms with Crippen LogP contribution >= 0.6 is 0 Å². The summed E-state index contributed by atoms with van der Waals surface area (Å²) in [6.07, 6.45) is 0.643. The minimum atomic E-state index is -0.375. The van der Waals surface area contributed by atoms with Crippen LogP contribution in [0.1, 0.15) is 40.2 Å². The Labute approximate surface area is 131 Å². The smallest absolute Gasteiger partial charge is 0.313 e. The number of hydrogen-bond donors (Lipinski definition) is 1. The van der Waals surface area contributed by atoms with Gasteiger partial charge in [-0.15, -0.1) is 0 Å². The van der Waals surface area contributed by atoms with E-state index in [2.05, 4.69) is 0 Å². The first-order valence-electron chi connectivity index (χ1n) is 7.52. The molecular formula is C17H25NO4. The number of rotatable bonds is 6. The average Bonchev–Trinajstić information content (AvgIpc) is 2.40. The summed E-state index contributed by atoms with van der Waals surface area (Å²) in [6, 6.07) is 5.14. The average molecular weight is 307 g/mol. The molecule has 1 aromatic rings. The van der Waals surface area contributed by atoms with Gasteiger partial charge >= 0.3 is 11.9 Å². The second kappa shape index (κ2) is 7.94. The molecule has 1 unspecified atom stereocenters. The van der Waals surface area contributed by atoms with Gasteiger partial charge in [0.2, 0.25) is 0 Å². The van der Waals surface area contributed by atoms with Crippen LogP contribution in [0.2, 0.25) is 0 Å². The van der Waals surface area contributed by atoms with E-state index in [-0.39, 0.29) is 41.3 Å². The molecule has 0 aliphatic carbocycles. The molecule has 0 fully saturated rings. The van der Waals surface area contributed by atoms with E-state index in [1.54, 1.807) is 39.8 Å². The summed E-state index contributed by atoms with van der Waals surface area (Å²) in [6.45, 7) is 8.87. The van der Waals surface area contributed by atoms with Crippen LogP contribution in [-0.2, 0) is 16.0 Å². The predicted octanol–water partition coefficient (Wildman–Crippen LogP) is 2.70. The summed E-state index contributed by atoms with van der Waals surface area (Å²) < 4.78 is 10.7. The summed E-state index contributed by atoms with van der Waals surface area (Å²) in [5.74, 6) is -0.781. The van der Waals surface area contributed by atoms with Crippen LogP contribution in [0.15, 0.2) is 18.2 Å². The Kier molecular flexibility index (Phi) is 6.56. The lowest BCUT2D eigenvalue weighted by Gasteiger charge is -2.15. The van der Waals surface area contributed by atoms with Crippen LogP contribution in [0.3, 0.4) is 0 Å². The fraction of sp³-hybridized carbons (Fsp3) is 0.529. The third-order valence-electron chi connectivity index (χ3n) is 2.93. The Hall–Kier alpha value is -1.88. The van der Waals surface area contributed by atoms with Crippen molar-refractivity contribution in [3.63, 3.8) is 0 Å². The number of hydrogen-bond acceptors (Lipinski definition) is 5. The van der Waals surface area contributed by atoms with Crippen molar-refractivity contribution in [3.05, 3.63) is 23.8 Å². The van der Waals surface area contributed by atoms with Crippen LogP contribution in [0.5, 0.6) is 11.5 Å². The zero-order valence-corrected chi connectivity index (χ0v) is 13.9. The minimum absolute atomic E-state index is 0.0160. The second-order valence-electron chi connectivity index (χ2n) is 6.11. The lowest BCUT2D eigenvalue weighted by molar-refractivity contribution is -0.140. The zero-order chi connectivity index (χ0) is 16.9. The maximum absolute atomic E-state index is 11.8. The third-order valence-corrected chi connectivity index (χ3v) is 2.93. The van der Waals surface area contributed by atoms with E-state index < -0.39 is 0 Å². The highest BCUT2D eigenvalue weighted by molar-refractivity contribution is 5.78. The van der Waals surface area contributed by atoms with Crippen molar-refractivity contribution in [3.8, 4) is 11.5 Å². The summed E-state index contributed by atoms with van der Waals surface area (Å²) in [5.41, 5.74) is 6.71. The topological polar surface area (TPSA) is 78.6 Å². The van der Waals surface area contributed by atoms with E-state index >= 15 is 0 Å². The fourth-order valence-corrected chi connectivity index (χ4v) is 1.67. The van der Waals surface area contributed by atoms with E-state index in [0.717, 1.165) is 5.56 Å². The molecule has 0 aliphatic heterocycles. The highest BCUT2D eigenvalue weighted by Crippen LogP contribution is 2.30. The first kappa shape index (κ1) is 18.2. The van der Waals surface area contributed by atoms with Gasteiger partial charge < -0.3 is 15.2 Å². The number of carbonyl (C=O) groups is 2. The van der Waals surface area contributed by atoms with Crippen molar-refractivity contribution in [1.82, 2.24) is 0 Å². The van der Waals surface area contributed by atoms with Gasteiger partial charge in [-0.25, -0.2) is 0 Å². The minimum Gasteiger partial charge on any atom is -0.422 e. The molecule has 0 bridgehead atoms. The van der Waals surface area contributed by atoms with E-state index in [9.17, 15) is 9.59 Å². The van der Waals surface area contributed by atoms with Gasteiger partial charge in [-0.1, -0.05) is 33.8 Å². The predicted molar refractivity (Wildman–Crippen MR) is 84.7 cm³/mol. The van der Waals surface area contributed by atoms with E-state index in [0.29, 0.717) is 6.42 Å². The lowest BCUT2D eigenvalue weighted by Crippen LogP contribution is -2.20. The Morgan fingerprint density at radius 3 is 1.91 bits per heavy atom. The van der Waals surface area contributed by atoms with Gasteiger partial charge in [0.1, 0.15) is 0 Å². The molecule has 22 heavy (non-hydrogen) atoms. The Balaban J connectivity index is 3.07. The molecule has 5 nitrogen and oxygen atoms in total. The normalized spacial score (nSPS) is 12.4. The lowest BCUT2D eigenvalue weighted by atomic mass is 10.1. The molecule has 0 saturated carbocycles. The highest BCUT2D eigenvalue weighted by atomic mass is 16.6. The molecule has 2 N–H and O–H groups in total. The summed E-state index contributed by atoms with van der Waals surface area (Å²) in [4.78, 5) is 23.6. The van der Waals surface area contributed by atoms with E-state index in [1.807, 2.05) is 13.0 Å². The molecule has 0 aliphatic rings. The van der Waals surface area contributed by atoms with Crippen molar-refractivity contribution in [1.29, 1.82) is 0 Å². The highest BCUT2D eigenvalue weighted by Gasteiger charge is 2.18. The first-order valence-corrected chi connectivity index (χ1v) is 7.52. The molecule has 5 heteroatoms. The van der Waals surface area contributed by atoms with Crippen molar-refractivity contribution in [2.24, 2.45) is 17.6 Å². The number of carbonyl (C=O) groups excluding carboxylic acids is 2. The number of ether oxygens (including phenoxy) is 2. The van der Waals surface area contributed by atoms with Crippen molar-refractivity contribution in [2.45, 2.75) is 47.1 Å². The van der Waals surface area contributed by atoms with Crippen molar-refractivity contribution in [2.75, 3.05) is 0 Å². The van der Waals surface area contributed by atoms with E-state index in [4.69, 9.17) is 15.2 Å². The molecule has 0 amide bonds. The maximum Gasteiger partial charge on any atom is 0.313 e. The van der Waals surface area contributed by atoms with E-state index in [1.165, 1.54) is 0 Å². The molecule has 0 radical (unpaired) electrons. The molecule has 0 saturated heterocycles. The maximum atomic E-state index is 11.8. The molecule has 122 valence electrons. The van der Waals surface area contributed by atoms with Gasteiger partial charge in [-0.3, -0.25) is 9.59 Å². The quantitative estimate of drug-likeness (QED) is 0.645. The van der Waals surface area contributed by atoms with Crippen molar-refractivity contribution >= 4 is 11.9 Å². The third kappa shape index (κ3) is 5.48. The van der Waals surface area contributed by atoms with Gasteiger partial charge in [0.25, 0.3) is 0 Å². The van der Waals surface area contributed by atoms with Gasteiger partial charge in [-0.05, 0) is 31.0 Å². The van der Waals surface area contributed by atoms with Crippen molar-refractivity contribution < 1.29 is 19.1 Å². The SMILES string of the molecule is CC(N)Cc1ccc(OC(=O)C(C)C)c(OC(=O)C(C)C)c1. The zero-order valence-electron chi connectivity index (χ0n) is 13.9. The van der Waals surface area contributed by atoms with Gasteiger partial charge in [0.15, 0.2) is 11.5 Å². The largest absolute Gasteiger partial charge is 0.422 e. The molecule has 1 rings (SSSR count). The van der Waals surface area contributed by atoms with Crippen LogP contribution in [0.25, 0.3) is 0 Å². The Morgan fingerprint density at radius 1 is 0.955 bits per heavy atom.